The van der Waals surface area contributed by atoms with Crippen molar-refractivity contribution in [2.75, 3.05) is 11.9 Å². The maximum atomic E-state index is 12.9. The fourth-order valence-corrected chi connectivity index (χ4v) is 3.36. The van der Waals surface area contributed by atoms with Gasteiger partial charge in [0.2, 0.25) is 5.91 Å². The van der Waals surface area contributed by atoms with Crippen LogP contribution in [-0.2, 0) is 16.1 Å². The Kier molecular flexibility index (Phi) is 5.05. The molecular weight excluding hydrogens is 384 g/mol. The number of ether oxygens (including phenoxy) is 1. The maximum absolute atomic E-state index is 12.9. The lowest BCUT2D eigenvalue weighted by Gasteiger charge is -2.11. The Morgan fingerprint density at radius 2 is 1.90 bits per heavy atom. The van der Waals surface area contributed by atoms with E-state index in [0.29, 0.717) is 11.2 Å². The van der Waals surface area contributed by atoms with Gasteiger partial charge < -0.3 is 10.1 Å². The Morgan fingerprint density at radius 3 is 2.70 bits per heavy atom. The smallest absolute Gasteiger partial charge is 0.340 e. The SMILES string of the molecule is CCOC(=O)c1ccccc1NC(=O)Cn1ncn2c(cc3cc(C)ccc32)c1=O. The van der Waals surface area contributed by atoms with Crippen molar-refractivity contribution in [2.24, 2.45) is 0 Å². The number of hydrogen-bond donors (Lipinski definition) is 1. The van der Waals surface area contributed by atoms with Crippen molar-refractivity contribution in [1.82, 2.24) is 14.2 Å². The van der Waals surface area contributed by atoms with Crippen molar-refractivity contribution in [3.8, 4) is 0 Å². The second-order valence-corrected chi connectivity index (χ2v) is 6.87. The lowest BCUT2D eigenvalue weighted by Crippen LogP contribution is -2.30. The largest absolute Gasteiger partial charge is 0.462 e. The van der Waals surface area contributed by atoms with E-state index >= 15 is 0 Å². The monoisotopic (exact) mass is 404 g/mol. The molecule has 0 spiro atoms. The van der Waals surface area contributed by atoms with E-state index in [0.717, 1.165) is 21.1 Å². The summed E-state index contributed by atoms with van der Waals surface area (Å²) >= 11 is 0. The highest BCUT2D eigenvalue weighted by molar-refractivity contribution is 6.01. The highest BCUT2D eigenvalue weighted by Gasteiger charge is 2.16. The van der Waals surface area contributed by atoms with Crippen molar-refractivity contribution in [2.45, 2.75) is 20.4 Å². The first-order chi connectivity index (χ1) is 14.5. The predicted molar refractivity (Wildman–Crippen MR) is 113 cm³/mol. The van der Waals surface area contributed by atoms with Crippen molar-refractivity contribution < 1.29 is 14.3 Å². The Balaban J connectivity index is 1.61. The van der Waals surface area contributed by atoms with Crippen molar-refractivity contribution in [3.05, 3.63) is 76.3 Å². The second kappa shape index (κ2) is 7.82. The number of anilines is 1. The molecule has 0 aliphatic carbocycles. The third-order valence-electron chi connectivity index (χ3n) is 4.74. The van der Waals surface area contributed by atoms with Gasteiger partial charge in [-0.25, -0.2) is 9.48 Å². The van der Waals surface area contributed by atoms with Gasteiger partial charge in [-0.3, -0.25) is 14.0 Å². The molecule has 2 aromatic heterocycles. The first kappa shape index (κ1) is 19.4. The molecule has 152 valence electrons. The van der Waals surface area contributed by atoms with Gasteiger partial charge in [0, 0.05) is 5.39 Å². The van der Waals surface area contributed by atoms with Gasteiger partial charge in [-0.2, -0.15) is 5.10 Å². The summed E-state index contributed by atoms with van der Waals surface area (Å²) < 4.78 is 7.82. The Hall–Kier alpha value is -3.94. The minimum Gasteiger partial charge on any atom is -0.462 e. The Bertz CT molecular complexity index is 1340. The van der Waals surface area contributed by atoms with Gasteiger partial charge >= 0.3 is 5.97 Å². The highest BCUT2D eigenvalue weighted by Crippen LogP contribution is 2.19. The summed E-state index contributed by atoms with van der Waals surface area (Å²) in [6.45, 7) is 3.63. The van der Waals surface area contributed by atoms with Crippen LogP contribution in [0.4, 0.5) is 5.69 Å². The van der Waals surface area contributed by atoms with Gasteiger partial charge in [0.05, 0.1) is 23.4 Å². The number of fused-ring (bicyclic) bond motifs is 3. The molecule has 0 fully saturated rings. The van der Waals surface area contributed by atoms with Crippen LogP contribution in [0.2, 0.25) is 0 Å². The Morgan fingerprint density at radius 1 is 1.10 bits per heavy atom. The molecule has 8 heteroatoms. The van der Waals surface area contributed by atoms with E-state index in [1.807, 2.05) is 25.1 Å². The van der Waals surface area contributed by atoms with E-state index in [2.05, 4.69) is 10.4 Å². The summed E-state index contributed by atoms with van der Waals surface area (Å²) in [6.07, 6.45) is 1.52. The van der Waals surface area contributed by atoms with Crippen LogP contribution in [0.1, 0.15) is 22.8 Å². The van der Waals surface area contributed by atoms with E-state index in [1.165, 1.54) is 6.33 Å². The fraction of sp³-hybridized carbons (Fsp3) is 0.182. The standard InChI is InChI=1S/C22H20N4O4/c1-3-30-22(29)16-6-4-5-7-17(16)24-20(27)12-26-21(28)19-11-15-10-14(2)8-9-18(15)25(19)13-23-26/h4-11,13H,3,12H2,1-2H3,(H,24,27). The third-order valence-corrected chi connectivity index (χ3v) is 4.74. The van der Waals surface area contributed by atoms with E-state index in [4.69, 9.17) is 4.74 Å². The minimum atomic E-state index is -0.528. The van der Waals surface area contributed by atoms with Crippen LogP contribution in [-0.4, -0.2) is 32.7 Å². The predicted octanol–water partition coefficient (Wildman–Crippen LogP) is 2.77. The summed E-state index contributed by atoms with van der Waals surface area (Å²) in [5.41, 5.74) is 2.59. The first-order valence-electron chi connectivity index (χ1n) is 9.51. The number of nitrogens with one attached hydrogen (secondary N) is 1. The number of hydrogen-bond acceptors (Lipinski definition) is 5. The van der Waals surface area contributed by atoms with Crippen LogP contribution < -0.4 is 10.9 Å². The number of carbonyl (C=O) groups excluding carboxylic acids is 2. The van der Waals surface area contributed by atoms with Crippen LogP contribution >= 0.6 is 0 Å². The lowest BCUT2D eigenvalue weighted by molar-refractivity contribution is -0.117. The molecule has 1 amide bonds. The number of aryl methyl sites for hydroxylation is 1. The summed E-state index contributed by atoms with van der Waals surface area (Å²) in [7, 11) is 0. The number of carbonyl (C=O) groups is 2. The quantitative estimate of drug-likeness (QED) is 0.516. The molecule has 8 nitrogen and oxygen atoms in total. The van der Waals surface area contributed by atoms with Crippen LogP contribution in [0.3, 0.4) is 0 Å². The second-order valence-electron chi connectivity index (χ2n) is 6.87. The van der Waals surface area contributed by atoms with Gasteiger partial charge in [0.25, 0.3) is 5.56 Å². The third kappa shape index (κ3) is 3.55. The van der Waals surface area contributed by atoms with Gasteiger partial charge in [-0.15, -0.1) is 0 Å². The fourth-order valence-electron chi connectivity index (χ4n) is 3.36. The summed E-state index contributed by atoms with van der Waals surface area (Å²) in [4.78, 5) is 37.5. The van der Waals surface area contributed by atoms with Gasteiger partial charge in [0.15, 0.2) is 0 Å². The molecule has 4 rings (SSSR count). The lowest BCUT2D eigenvalue weighted by atomic mass is 10.2. The zero-order valence-corrected chi connectivity index (χ0v) is 16.6. The Labute approximate surface area is 171 Å². The molecule has 0 saturated heterocycles. The molecule has 0 atom stereocenters. The number of nitrogens with zero attached hydrogens (tertiary/aromatic N) is 3. The highest BCUT2D eigenvalue weighted by atomic mass is 16.5. The van der Waals surface area contributed by atoms with E-state index < -0.39 is 11.9 Å². The van der Waals surface area contributed by atoms with Crippen LogP contribution in [0.5, 0.6) is 0 Å². The molecule has 2 aromatic carbocycles. The molecule has 0 saturated carbocycles. The summed E-state index contributed by atoms with van der Waals surface area (Å²) in [6, 6.07) is 14.2. The van der Waals surface area contributed by atoms with Crippen molar-refractivity contribution in [3.63, 3.8) is 0 Å². The molecule has 0 radical (unpaired) electrons. The van der Waals surface area contributed by atoms with Crippen molar-refractivity contribution in [1.29, 1.82) is 0 Å². The maximum Gasteiger partial charge on any atom is 0.340 e. The van der Waals surface area contributed by atoms with Gasteiger partial charge in [-0.1, -0.05) is 23.8 Å². The average Bonchev–Trinajstić information content (AvgIpc) is 3.09. The number of amides is 1. The first-order valence-corrected chi connectivity index (χ1v) is 9.51. The van der Waals surface area contributed by atoms with Gasteiger partial charge in [0.1, 0.15) is 18.4 Å². The molecule has 30 heavy (non-hydrogen) atoms. The molecular formula is C22H20N4O4. The van der Waals surface area contributed by atoms with E-state index in [1.54, 1.807) is 41.7 Å². The molecule has 0 aliphatic heterocycles. The van der Waals surface area contributed by atoms with E-state index in [-0.39, 0.29) is 24.3 Å². The van der Waals surface area contributed by atoms with Crippen molar-refractivity contribution >= 4 is 34.0 Å². The average molecular weight is 404 g/mol. The zero-order valence-electron chi connectivity index (χ0n) is 16.6. The normalized spacial score (nSPS) is 11.0. The molecule has 2 heterocycles. The zero-order chi connectivity index (χ0) is 21.3. The number of benzene rings is 2. The van der Waals surface area contributed by atoms with Crippen LogP contribution in [0, 0.1) is 6.92 Å². The summed E-state index contributed by atoms with van der Waals surface area (Å²) in [5.74, 6) is -1.00. The van der Waals surface area contributed by atoms with Crippen LogP contribution in [0.15, 0.2) is 59.7 Å². The van der Waals surface area contributed by atoms with Crippen LogP contribution in [0.25, 0.3) is 16.4 Å². The molecule has 0 unspecified atom stereocenters. The number of rotatable bonds is 5. The van der Waals surface area contributed by atoms with E-state index in [9.17, 15) is 14.4 Å². The molecule has 0 aliphatic rings. The van der Waals surface area contributed by atoms with Gasteiger partial charge in [-0.05, 0) is 44.2 Å². The minimum absolute atomic E-state index is 0.228. The topological polar surface area (TPSA) is 94.7 Å². The number of esters is 1. The molecule has 4 aromatic rings. The summed E-state index contributed by atoms with van der Waals surface area (Å²) in [5, 5.41) is 7.73. The molecule has 0 bridgehead atoms. The number of para-hydroxylation sites is 1. The molecule has 1 N–H and O–H groups in total. The number of aromatic nitrogens is 3.